The van der Waals surface area contributed by atoms with Crippen LogP contribution in [0.5, 0.6) is 0 Å². The van der Waals surface area contributed by atoms with Crippen LogP contribution in [0, 0.1) is 5.92 Å². The second kappa shape index (κ2) is 10.7. The number of carbonyl (C=O) groups excluding carboxylic acids is 4. The fourth-order valence-corrected chi connectivity index (χ4v) is 3.65. The zero-order valence-electron chi connectivity index (χ0n) is 19.0. The van der Waals surface area contributed by atoms with Crippen LogP contribution in [0.25, 0.3) is 0 Å². The lowest BCUT2D eigenvalue weighted by Crippen LogP contribution is -2.64. The zero-order chi connectivity index (χ0) is 24.9. The number of aliphatic hydroxyl groups is 3. The lowest BCUT2D eigenvalue weighted by atomic mass is 9.77. The molecule has 1 fully saturated rings. The number of Topliss-reactive ketones (excluding diaryl/α,β-unsaturated/α-hetero) is 1. The van der Waals surface area contributed by atoms with Gasteiger partial charge in [-0.3, -0.25) is 9.59 Å². The van der Waals surface area contributed by atoms with Crippen molar-refractivity contribution in [1.82, 2.24) is 10.6 Å². The van der Waals surface area contributed by atoms with Gasteiger partial charge in [0.25, 0.3) is 5.91 Å². The molecule has 6 N–H and O–H groups in total. The SMILES string of the molecule is COC(=O)[C@H](NC(=O)[C@]1(O)C[C@@H](O)[C@H](O)[C@@H](NC(=O)Nc2ccc(C(C)=O)cc2)C1)C(C)C. The van der Waals surface area contributed by atoms with Crippen molar-refractivity contribution >= 4 is 29.4 Å². The molecule has 33 heavy (non-hydrogen) atoms. The number of benzene rings is 1. The molecule has 0 spiro atoms. The Balaban J connectivity index is 2.09. The molecule has 0 aromatic heterocycles. The Kier molecular flexibility index (Phi) is 8.53. The molecular weight excluding hydrogens is 434 g/mol. The van der Waals surface area contributed by atoms with Crippen LogP contribution < -0.4 is 16.0 Å². The van der Waals surface area contributed by atoms with Gasteiger partial charge >= 0.3 is 12.0 Å². The van der Waals surface area contributed by atoms with E-state index in [0.717, 1.165) is 0 Å². The van der Waals surface area contributed by atoms with E-state index in [1.165, 1.54) is 38.3 Å². The average Bonchev–Trinajstić information content (AvgIpc) is 2.74. The lowest BCUT2D eigenvalue weighted by Gasteiger charge is -2.42. The third kappa shape index (κ3) is 6.50. The fourth-order valence-electron chi connectivity index (χ4n) is 3.65. The van der Waals surface area contributed by atoms with Gasteiger partial charge in [-0.2, -0.15) is 0 Å². The van der Waals surface area contributed by atoms with E-state index in [4.69, 9.17) is 0 Å². The van der Waals surface area contributed by atoms with Gasteiger partial charge in [0.1, 0.15) is 17.7 Å². The first-order chi connectivity index (χ1) is 15.4. The van der Waals surface area contributed by atoms with Gasteiger partial charge in [-0.05, 0) is 37.1 Å². The number of carbonyl (C=O) groups is 4. The molecule has 3 amide bonds. The standard InChI is InChI=1S/C22H31N3O8/c1-11(2)17(19(29)33-4)25-20(30)22(32)9-15(18(28)16(27)10-22)24-21(31)23-14-7-5-13(6-8-14)12(3)26/h5-8,11,15-18,27-28,32H,9-10H2,1-4H3,(H,25,30)(H2,23,24,31)/t15-,16+,17+,18+,22+/m0/s1. The summed E-state index contributed by atoms with van der Waals surface area (Å²) in [6.07, 6.45) is -3.84. The quantitative estimate of drug-likeness (QED) is 0.240. The van der Waals surface area contributed by atoms with E-state index in [0.29, 0.717) is 11.3 Å². The van der Waals surface area contributed by atoms with Crippen molar-refractivity contribution in [2.45, 2.75) is 63.5 Å². The molecule has 0 saturated heterocycles. The van der Waals surface area contributed by atoms with Crippen molar-refractivity contribution < 1.29 is 39.2 Å². The number of anilines is 1. The second-order valence-corrected chi connectivity index (χ2v) is 8.55. The van der Waals surface area contributed by atoms with Crippen LogP contribution >= 0.6 is 0 Å². The molecular formula is C22H31N3O8. The molecule has 1 aromatic rings. The summed E-state index contributed by atoms with van der Waals surface area (Å²) in [6, 6.07) is 3.16. The molecule has 1 aliphatic rings. The smallest absolute Gasteiger partial charge is 0.328 e. The third-order valence-corrected chi connectivity index (χ3v) is 5.61. The maximum atomic E-state index is 12.8. The number of nitrogens with one attached hydrogen (secondary N) is 3. The van der Waals surface area contributed by atoms with Gasteiger partial charge in [0.2, 0.25) is 0 Å². The number of methoxy groups -OCH3 is 1. The number of hydrogen-bond donors (Lipinski definition) is 6. The van der Waals surface area contributed by atoms with E-state index in [1.54, 1.807) is 13.8 Å². The van der Waals surface area contributed by atoms with E-state index in [2.05, 4.69) is 20.7 Å². The van der Waals surface area contributed by atoms with Crippen LogP contribution in [0.2, 0.25) is 0 Å². The predicted molar refractivity (Wildman–Crippen MR) is 117 cm³/mol. The van der Waals surface area contributed by atoms with Crippen molar-refractivity contribution in [2.24, 2.45) is 5.92 Å². The maximum Gasteiger partial charge on any atom is 0.328 e. The molecule has 2 rings (SSSR count). The van der Waals surface area contributed by atoms with Crippen LogP contribution in [0.1, 0.15) is 44.0 Å². The van der Waals surface area contributed by atoms with Gasteiger partial charge in [0, 0.05) is 24.1 Å². The summed E-state index contributed by atoms with van der Waals surface area (Å²) in [6.45, 7) is 4.78. The molecule has 1 aromatic carbocycles. The number of ether oxygens (including phenoxy) is 1. The van der Waals surface area contributed by atoms with Crippen LogP contribution in [-0.4, -0.2) is 76.0 Å². The first-order valence-corrected chi connectivity index (χ1v) is 10.5. The minimum atomic E-state index is -2.15. The molecule has 11 heteroatoms. The molecule has 1 saturated carbocycles. The van der Waals surface area contributed by atoms with Gasteiger partial charge in [0.05, 0.1) is 19.3 Å². The Hall–Kier alpha value is -3.02. The minimum absolute atomic E-state index is 0.130. The third-order valence-electron chi connectivity index (χ3n) is 5.61. The summed E-state index contributed by atoms with van der Waals surface area (Å²) in [7, 11) is 1.17. The number of amides is 3. The Morgan fingerprint density at radius 2 is 1.70 bits per heavy atom. The molecule has 0 unspecified atom stereocenters. The van der Waals surface area contributed by atoms with E-state index < -0.39 is 60.6 Å². The van der Waals surface area contributed by atoms with Crippen molar-refractivity contribution in [1.29, 1.82) is 0 Å². The molecule has 0 radical (unpaired) electrons. The zero-order valence-corrected chi connectivity index (χ0v) is 19.0. The second-order valence-electron chi connectivity index (χ2n) is 8.55. The number of rotatable bonds is 7. The number of aliphatic hydroxyl groups excluding tert-OH is 2. The molecule has 11 nitrogen and oxygen atoms in total. The summed E-state index contributed by atoms with van der Waals surface area (Å²) in [5.74, 6) is -2.08. The van der Waals surface area contributed by atoms with Crippen molar-refractivity contribution in [3.8, 4) is 0 Å². The summed E-state index contributed by atoms with van der Waals surface area (Å²) in [5.41, 5.74) is -1.32. The summed E-state index contributed by atoms with van der Waals surface area (Å²) in [4.78, 5) is 48.5. The lowest BCUT2D eigenvalue weighted by molar-refractivity contribution is -0.161. The minimum Gasteiger partial charge on any atom is -0.467 e. The van der Waals surface area contributed by atoms with E-state index in [9.17, 15) is 34.5 Å². The normalized spacial score (nSPS) is 25.6. The predicted octanol–water partition coefficient (Wildman–Crippen LogP) is -0.0602. The Labute approximate surface area is 191 Å². The van der Waals surface area contributed by atoms with Gasteiger partial charge in [0.15, 0.2) is 5.78 Å². The molecule has 1 aliphatic carbocycles. The summed E-state index contributed by atoms with van der Waals surface area (Å²) >= 11 is 0. The molecule has 182 valence electrons. The highest BCUT2D eigenvalue weighted by Gasteiger charge is 2.50. The Bertz CT molecular complexity index is 888. The molecule has 5 atom stereocenters. The molecule has 0 aliphatic heterocycles. The van der Waals surface area contributed by atoms with E-state index in [1.807, 2.05) is 0 Å². The Morgan fingerprint density at radius 3 is 2.21 bits per heavy atom. The van der Waals surface area contributed by atoms with Crippen LogP contribution in [-0.2, 0) is 14.3 Å². The topological polar surface area (TPSA) is 174 Å². The number of esters is 1. The van der Waals surface area contributed by atoms with Gasteiger partial charge in [-0.1, -0.05) is 13.8 Å². The monoisotopic (exact) mass is 465 g/mol. The number of urea groups is 1. The average molecular weight is 466 g/mol. The van der Waals surface area contributed by atoms with Crippen molar-refractivity contribution in [2.75, 3.05) is 12.4 Å². The highest BCUT2D eigenvalue weighted by molar-refractivity contribution is 5.95. The van der Waals surface area contributed by atoms with Crippen molar-refractivity contribution in [3.63, 3.8) is 0 Å². The van der Waals surface area contributed by atoms with E-state index in [-0.39, 0.29) is 11.7 Å². The van der Waals surface area contributed by atoms with E-state index >= 15 is 0 Å². The van der Waals surface area contributed by atoms with Crippen LogP contribution in [0.3, 0.4) is 0 Å². The molecule has 0 bridgehead atoms. The number of hydrogen-bond acceptors (Lipinski definition) is 8. The number of ketones is 1. The highest BCUT2D eigenvalue weighted by Crippen LogP contribution is 2.30. The summed E-state index contributed by atoms with van der Waals surface area (Å²) < 4.78 is 4.68. The van der Waals surface area contributed by atoms with Gasteiger partial charge in [-0.15, -0.1) is 0 Å². The van der Waals surface area contributed by atoms with Crippen LogP contribution in [0.15, 0.2) is 24.3 Å². The van der Waals surface area contributed by atoms with Crippen molar-refractivity contribution in [3.05, 3.63) is 29.8 Å². The largest absolute Gasteiger partial charge is 0.467 e. The Morgan fingerprint density at radius 1 is 1.09 bits per heavy atom. The maximum absolute atomic E-state index is 12.8. The van der Waals surface area contributed by atoms with Gasteiger partial charge < -0.3 is 36.0 Å². The van der Waals surface area contributed by atoms with Crippen LogP contribution in [0.4, 0.5) is 10.5 Å². The molecule has 0 heterocycles. The fraction of sp³-hybridized carbons (Fsp3) is 0.545. The summed E-state index contributed by atoms with van der Waals surface area (Å²) in [5, 5.41) is 38.9. The van der Waals surface area contributed by atoms with Gasteiger partial charge in [-0.25, -0.2) is 9.59 Å². The first-order valence-electron chi connectivity index (χ1n) is 10.5. The highest BCUT2D eigenvalue weighted by atomic mass is 16.5. The first kappa shape index (κ1) is 26.2.